The van der Waals surface area contributed by atoms with E-state index in [1.54, 1.807) is 10.4 Å². The van der Waals surface area contributed by atoms with E-state index in [4.69, 9.17) is 5.73 Å². The molecule has 4 nitrogen and oxygen atoms in total. The first-order chi connectivity index (χ1) is 9.13. The van der Waals surface area contributed by atoms with Gasteiger partial charge in [0, 0.05) is 19.1 Å². The summed E-state index contributed by atoms with van der Waals surface area (Å²) in [6, 6.07) is 5.57. The molecule has 2 aliphatic rings. The van der Waals surface area contributed by atoms with Crippen molar-refractivity contribution in [2.45, 2.75) is 43.0 Å². The molecule has 1 saturated heterocycles. The van der Waals surface area contributed by atoms with Gasteiger partial charge in [0.25, 0.3) is 0 Å². The smallest absolute Gasteiger partial charge is 0.243 e. The maximum atomic E-state index is 12.7. The average Bonchev–Trinajstić information content (AvgIpc) is 3.06. The van der Waals surface area contributed by atoms with Gasteiger partial charge in [-0.25, -0.2) is 8.42 Å². The van der Waals surface area contributed by atoms with Crippen molar-refractivity contribution < 1.29 is 8.42 Å². The monoisotopic (exact) mass is 280 g/mol. The Kier molecular flexibility index (Phi) is 3.37. The molecular weight excluding hydrogens is 260 g/mol. The fourth-order valence-corrected chi connectivity index (χ4v) is 4.96. The molecule has 1 aromatic rings. The van der Waals surface area contributed by atoms with Crippen LogP contribution in [0.25, 0.3) is 0 Å². The summed E-state index contributed by atoms with van der Waals surface area (Å²) in [5, 5.41) is 0. The highest BCUT2D eigenvalue weighted by atomic mass is 32.2. The van der Waals surface area contributed by atoms with Crippen molar-refractivity contribution in [3.8, 4) is 0 Å². The molecule has 1 aliphatic carbocycles. The zero-order valence-corrected chi connectivity index (χ0v) is 11.8. The van der Waals surface area contributed by atoms with Crippen LogP contribution in [0.2, 0.25) is 0 Å². The van der Waals surface area contributed by atoms with Gasteiger partial charge in [-0.1, -0.05) is 6.07 Å². The van der Waals surface area contributed by atoms with Crippen LogP contribution in [0.5, 0.6) is 0 Å². The Morgan fingerprint density at radius 1 is 1.21 bits per heavy atom. The van der Waals surface area contributed by atoms with Crippen molar-refractivity contribution in [3.63, 3.8) is 0 Å². The SMILES string of the molecule is NCC1CCCN1S(=O)(=O)c1ccc2c(c1)CCC2. The lowest BCUT2D eigenvalue weighted by atomic mass is 10.1. The molecule has 1 heterocycles. The summed E-state index contributed by atoms with van der Waals surface area (Å²) >= 11 is 0. The number of nitrogens with zero attached hydrogens (tertiary/aromatic N) is 1. The molecule has 0 spiro atoms. The van der Waals surface area contributed by atoms with Crippen molar-refractivity contribution in [1.29, 1.82) is 0 Å². The maximum Gasteiger partial charge on any atom is 0.243 e. The van der Waals surface area contributed by atoms with Gasteiger partial charge in [-0.3, -0.25) is 0 Å². The van der Waals surface area contributed by atoms with Crippen molar-refractivity contribution in [3.05, 3.63) is 29.3 Å². The maximum absolute atomic E-state index is 12.7. The standard InChI is InChI=1S/C14H20N2O2S/c15-10-13-5-2-8-16(13)19(17,18)14-7-6-11-3-1-4-12(11)9-14/h6-7,9,13H,1-5,8,10,15H2. The summed E-state index contributed by atoms with van der Waals surface area (Å²) in [5.41, 5.74) is 8.18. The molecule has 0 amide bonds. The van der Waals surface area contributed by atoms with Crippen LogP contribution < -0.4 is 5.73 Å². The summed E-state index contributed by atoms with van der Waals surface area (Å²) in [6.07, 6.45) is 4.99. The summed E-state index contributed by atoms with van der Waals surface area (Å²) in [4.78, 5) is 0.438. The first-order valence-corrected chi connectivity index (χ1v) is 8.40. The number of fused-ring (bicyclic) bond motifs is 1. The lowest BCUT2D eigenvalue weighted by molar-refractivity contribution is 0.393. The summed E-state index contributed by atoms with van der Waals surface area (Å²) < 4.78 is 26.9. The van der Waals surface area contributed by atoms with Crippen LogP contribution in [0.3, 0.4) is 0 Å². The Bertz CT molecular complexity index is 583. The Morgan fingerprint density at radius 3 is 2.79 bits per heavy atom. The second-order valence-electron chi connectivity index (χ2n) is 5.43. The molecule has 0 radical (unpaired) electrons. The highest BCUT2D eigenvalue weighted by Crippen LogP contribution is 2.29. The van der Waals surface area contributed by atoms with E-state index < -0.39 is 10.0 Å². The van der Waals surface area contributed by atoms with Crippen molar-refractivity contribution in [2.75, 3.05) is 13.1 Å². The fraction of sp³-hybridized carbons (Fsp3) is 0.571. The molecule has 1 atom stereocenters. The van der Waals surface area contributed by atoms with Crippen molar-refractivity contribution >= 4 is 10.0 Å². The van der Waals surface area contributed by atoms with Crippen LogP contribution in [-0.2, 0) is 22.9 Å². The number of nitrogens with two attached hydrogens (primary N) is 1. The topological polar surface area (TPSA) is 63.4 Å². The van der Waals surface area contributed by atoms with Crippen molar-refractivity contribution in [2.24, 2.45) is 5.73 Å². The van der Waals surface area contributed by atoms with Gasteiger partial charge in [0.15, 0.2) is 0 Å². The number of rotatable bonds is 3. The number of sulfonamides is 1. The molecule has 0 saturated carbocycles. The van der Waals surface area contributed by atoms with Crippen molar-refractivity contribution in [1.82, 2.24) is 4.31 Å². The predicted molar refractivity (Wildman–Crippen MR) is 74.4 cm³/mol. The normalized spacial score (nSPS) is 23.7. The van der Waals surface area contributed by atoms with Gasteiger partial charge in [0.2, 0.25) is 10.0 Å². The Labute approximate surface area is 114 Å². The third-order valence-electron chi connectivity index (χ3n) is 4.27. The minimum absolute atomic E-state index is 0.0294. The number of hydrogen-bond acceptors (Lipinski definition) is 3. The first kappa shape index (κ1) is 13.1. The Hall–Kier alpha value is -0.910. The molecule has 19 heavy (non-hydrogen) atoms. The van der Waals surface area contributed by atoms with Gasteiger partial charge in [0.1, 0.15) is 0 Å². The van der Waals surface area contributed by atoms with E-state index in [0.29, 0.717) is 18.0 Å². The summed E-state index contributed by atoms with van der Waals surface area (Å²) in [6.45, 7) is 1.01. The molecule has 2 N–H and O–H groups in total. The summed E-state index contributed by atoms with van der Waals surface area (Å²) in [5.74, 6) is 0. The number of aryl methyl sites for hydroxylation is 2. The van der Waals surface area contributed by atoms with Crippen LogP contribution in [0.4, 0.5) is 0 Å². The van der Waals surface area contributed by atoms with Gasteiger partial charge in [0.05, 0.1) is 4.90 Å². The largest absolute Gasteiger partial charge is 0.329 e. The van der Waals surface area contributed by atoms with E-state index in [1.807, 2.05) is 12.1 Å². The van der Waals surface area contributed by atoms with Crippen LogP contribution in [0.1, 0.15) is 30.4 Å². The second kappa shape index (κ2) is 4.89. The molecule has 5 heteroatoms. The van der Waals surface area contributed by atoms with Crippen LogP contribution in [0.15, 0.2) is 23.1 Å². The van der Waals surface area contributed by atoms with E-state index in [2.05, 4.69) is 0 Å². The lowest BCUT2D eigenvalue weighted by Gasteiger charge is -2.23. The van der Waals surface area contributed by atoms with Crippen LogP contribution in [-0.4, -0.2) is 31.9 Å². The average molecular weight is 280 g/mol. The van der Waals surface area contributed by atoms with E-state index in [-0.39, 0.29) is 6.04 Å². The zero-order chi connectivity index (χ0) is 13.5. The van der Waals surface area contributed by atoms with Crippen LogP contribution >= 0.6 is 0 Å². The van der Waals surface area contributed by atoms with Gasteiger partial charge in [-0.05, 0) is 55.4 Å². The van der Waals surface area contributed by atoms with E-state index in [1.165, 1.54) is 11.1 Å². The third-order valence-corrected chi connectivity index (χ3v) is 6.22. The molecule has 1 aromatic carbocycles. The van der Waals surface area contributed by atoms with Crippen LogP contribution in [0, 0.1) is 0 Å². The second-order valence-corrected chi connectivity index (χ2v) is 7.32. The Morgan fingerprint density at radius 2 is 2.00 bits per heavy atom. The van der Waals surface area contributed by atoms with Gasteiger partial charge in [-0.2, -0.15) is 4.31 Å². The lowest BCUT2D eigenvalue weighted by Crippen LogP contribution is -2.39. The third kappa shape index (κ3) is 2.20. The minimum atomic E-state index is -3.37. The molecule has 3 rings (SSSR count). The van der Waals surface area contributed by atoms with E-state index in [9.17, 15) is 8.42 Å². The highest BCUT2D eigenvalue weighted by molar-refractivity contribution is 7.89. The van der Waals surface area contributed by atoms with E-state index in [0.717, 1.165) is 32.1 Å². The first-order valence-electron chi connectivity index (χ1n) is 6.96. The molecule has 1 unspecified atom stereocenters. The van der Waals surface area contributed by atoms with Gasteiger partial charge >= 0.3 is 0 Å². The van der Waals surface area contributed by atoms with Gasteiger partial charge < -0.3 is 5.73 Å². The highest BCUT2D eigenvalue weighted by Gasteiger charge is 2.34. The fourth-order valence-electron chi connectivity index (χ4n) is 3.21. The zero-order valence-electron chi connectivity index (χ0n) is 11.0. The molecule has 0 bridgehead atoms. The number of hydrogen-bond donors (Lipinski definition) is 1. The molecule has 104 valence electrons. The van der Waals surface area contributed by atoms with Gasteiger partial charge in [-0.15, -0.1) is 0 Å². The molecule has 1 aliphatic heterocycles. The number of benzene rings is 1. The molecular formula is C14H20N2O2S. The minimum Gasteiger partial charge on any atom is -0.329 e. The summed E-state index contributed by atoms with van der Waals surface area (Å²) in [7, 11) is -3.37. The quantitative estimate of drug-likeness (QED) is 0.907. The predicted octanol–water partition coefficient (Wildman–Crippen LogP) is 1.29. The van der Waals surface area contributed by atoms with E-state index >= 15 is 0 Å². The molecule has 0 aromatic heterocycles. The Balaban J connectivity index is 1.96. The molecule has 1 fully saturated rings.